The smallest absolute Gasteiger partial charge is 0.241 e. The zero-order valence-electron chi connectivity index (χ0n) is 12.5. The van der Waals surface area contributed by atoms with E-state index in [4.69, 9.17) is 5.73 Å². The van der Waals surface area contributed by atoms with Crippen molar-refractivity contribution in [3.8, 4) is 0 Å². The monoisotopic (exact) mass is 306 g/mol. The summed E-state index contributed by atoms with van der Waals surface area (Å²) in [5.41, 5.74) is 5.21. The summed E-state index contributed by atoms with van der Waals surface area (Å²) in [6, 6.07) is 12.8. The van der Waals surface area contributed by atoms with Gasteiger partial charge >= 0.3 is 0 Å². The van der Waals surface area contributed by atoms with Gasteiger partial charge in [-0.15, -0.1) is 0 Å². The van der Waals surface area contributed by atoms with Gasteiger partial charge in [-0.05, 0) is 24.3 Å². The second-order valence-corrected chi connectivity index (χ2v) is 6.93. The van der Waals surface area contributed by atoms with Crippen molar-refractivity contribution >= 4 is 20.8 Å². The fourth-order valence-electron chi connectivity index (χ4n) is 2.49. The van der Waals surface area contributed by atoms with E-state index in [1.54, 1.807) is 12.1 Å². The van der Waals surface area contributed by atoms with E-state index in [0.717, 1.165) is 10.8 Å². The predicted octanol–water partition coefficient (Wildman–Crippen LogP) is 2.64. The molecule has 5 heteroatoms. The molecular formula is C16H22N2O2S. The van der Waals surface area contributed by atoms with Crippen LogP contribution in [0.25, 0.3) is 10.8 Å². The number of hydrogen-bond donors (Lipinski definition) is 2. The Morgan fingerprint density at radius 2 is 1.67 bits per heavy atom. The topological polar surface area (TPSA) is 72.2 Å². The molecule has 4 nitrogen and oxygen atoms in total. The minimum Gasteiger partial charge on any atom is -0.329 e. The Labute approximate surface area is 126 Å². The number of nitrogens with one attached hydrogen (secondary N) is 1. The van der Waals surface area contributed by atoms with Gasteiger partial charge in [-0.2, -0.15) is 0 Å². The van der Waals surface area contributed by atoms with Gasteiger partial charge in [0.1, 0.15) is 0 Å². The standard InChI is InChI=1S/C16H22N2O2S/c1-3-16(4-2,12-17)18-21(19,20)15-11-7-9-13-8-5-6-10-14(13)15/h5-11,18H,3-4,12,17H2,1-2H3. The molecule has 2 aromatic carbocycles. The van der Waals surface area contributed by atoms with Gasteiger partial charge in [0.2, 0.25) is 10.0 Å². The Morgan fingerprint density at radius 3 is 2.29 bits per heavy atom. The minimum absolute atomic E-state index is 0.282. The fraction of sp³-hybridized carbons (Fsp3) is 0.375. The maximum absolute atomic E-state index is 12.8. The second kappa shape index (κ2) is 6.13. The molecule has 0 fully saturated rings. The van der Waals surface area contributed by atoms with Crippen LogP contribution in [0.5, 0.6) is 0 Å². The predicted molar refractivity (Wildman–Crippen MR) is 86.6 cm³/mol. The van der Waals surface area contributed by atoms with E-state index >= 15 is 0 Å². The molecule has 0 atom stereocenters. The first-order chi connectivity index (χ1) is 9.98. The highest BCUT2D eigenvalue weighted by atomic mass is 32.2. The van der Waals surface area contributed by atoms with Crippen molar-refractivity contribution in [2.45, 2.75) is 37.1 Å². The van der Waals surface area contributed by atoms with Crippen molar-refractivity contribution in [1.29, 1.82) is 0 Å². The summed E-state index contributed by atoms with van der Waals surface area (Å²) in [5, 5.41) is 1.64. The lowest BCUT2D eigenvalue weighted by atomic mass is 9.95. The molecule has 3 N–H and O–H groups in total. The highest BCUT2D eigenvalue weighted by Gasteiger charge is 2.31. The molecule has 0 aliphatic carbocycles. The van der Waals surface area contributed by atoms with Crippen LogP contribution in [0, 0.1) is 0 Å². The van der Waals surface area contributed by atoms with Crippen LogP contribution in [0.3, 0.4) is 0 Å². The maximum atomic E-state index is 12.8. The molecule has 114 valence electrons. The van der Waals surface area contributed by atoms with Crippen molar-refractivity contribution in [1.82, 2.24) is 4.72 Å². The summed E-state index contributed by atoms with van der Waals surface area (Å²) < 4.78 is 28.4. The maximum Gasteiger partial charge on any atom is 0.241 e. The Balaban J connectivity index is 2.52. The third-order valence-corrected chi connectivity index (χ3v) is 5.77. The third-order valence-electron chi connectivity index (χ3n) is 4.13. The van der Waals surface area contributed by atoms with Crippen molar-refractivity contribution in [3.05, 3.63) is 42.5 Å². The Kier molecular flexibility index (Phi) is 4.66. The number of rotatable bonds is 6. The summed E-state index contributed by atoms with van der Waals surface area (Å²) in [4.78, 5) is 0.306. The zero-order valence-corrected chi connectivity index (χ0v) is 13.3. The number of benzene rings is 2. The fourth-order valence-corrected chi connectivity index (χ4v) is 4.28. The molecule has 0 radical (unpaired) electrons. The molecule has 0 unspecified atom stereocenters. The van der Waals surface area contributed by atoms with E-state index in [2.05, 4.69) is 4.72 Å². The first-order valence-electron chi connectivity index (χ1n) is 7.20. The lowest BCUT2D eigenvalue weighted by Gasteiger charge is -2.31. The van der Waals surface area contributed by atoms with Crippen LogP contribution in [0.1, 0.15) is 26.7 Å². The van der Waals surface area contributed by atoms with Crippen LogP contribution in [-0.4, -0.2) is 20.5 Å². The van der Waals surface area contributed by atoms with Gasteiger partial charge < -0.3 is 5.73 Å². The molecule has 0 amide bonds. The van der Waals surface area contributed by atoms with Crippen molar-refractivity contribution < 1.29 is 8.42 Å². The Bertz CT molecular complexity index is 708. The van der Waals surface area contributed by atoms with Gasteiger partial charge in [0, 0.05) is 17.5 Å². The van der Waals surface area contributed by atoms with Crippen molar-refractivity contribution in [2.75, 3.05) is 6.54 Å². The Morgan fingerprint density at radius 1 is 1.05 bits per heavy atom. The van der Waals surface area contributed by atoms with Crippen LogP contribution < -0.4 is 10.5 Å². The molecule has 0 spiro atoms. The van der Waals surface area contributed by atoms with Crippen LogP contribution in [-0.2, 0) is 10.0 Å². The average Bonchev–Trinajstić information content (AvgIpc) is 2.52. The largest absolute Gasteiger partial charge is 0.329 e. The van der Waals surface area contributed by atoms with Gasteiger partial charge in [-0.3, -0.25) is 0 Å². The molecule has 21 heavy (non-hydrogen) atoms. The SMILES string of the molecule is CCC(CC)(CN)NS(=O)(=O)c1cccc2ccccc12. The van der Waals surface area contributed by atoms with Gasteiger partial charge in [0.05, 0.1) is 4.90 Å². The van der Waals surface area contributed by atoms with E-state index in [0.29, 0.717) is 17.7 Å². The highest BCUT2D eigenvalue weighted by molar-refractivity contribution is 7.89. The molecule has 0 aliphatic heterocycles. The van der Waals surface area contributed by atoms with E-state index < -0.39 is 15.6 Å². The summed E-state index contributed by atoms with van der Waals surface area (Å²) in [6.45, 7) is 4.17. The van der Waals surface area contributed by atoms with Crippen molar-refractivity contribution in [2.24, 2.45) is 5.73 Å². The summed E-state index contributed by atoms with van der Waals surface area (Å²) in [7, 11) is -3.61. The molecule has 0 aliphatic rings. The van der Waals surface area contributed by atoms with Gasteiger partial charge in [0.25, 0.3) is 0 Å². The van der Waals surface area contributed by atoms with E-state index in [1.165, 1.54) is 0 Å². The highest BCUT2D eigenvalue weighted by Crippen LogP contribution is 2.25. The second-order valence-electron chi connectivity index (χ2n) is 5.27. The van der Waals surface area contributed by atoms with E-state index in [1.807, 2.05) is 44.2 Å². The average molecular weight is 306 g/mol. The number of fused-ring (bicyclic) bond motifs is 1. The minimum atomic E-state index is -3.61. The molecule has 0 bridgehead atoms. The summed E-state index contributed by atoms with van der Waals surface area (Å²) >= 11 is 0. The molecule has 0 aromatic heterocycles. The third kappa shape index (κ3) is 3.10. The molecule has 2 rings (SSSR count). The van der Waals surface area contributed by atoms with Crippen LogP contribution >= 0.6 is 0 Å². The normalized spacial score (nSPS) is 12.7. The Hall–Kier alpha value is -1.43. The molecule has 0 heterocycles. The zero-order chi connectivity index (χ0) is 15.5. The van der Waals surface area contributed by atoms with Crippen LogP contribution in [0.15, 0.2) is 47.4 Å². The summed E-state index contributed by atoms with van der Waals surface area (Å²) in [6.07, 6.45) is 1.31. The van der Waals surface area contributed by atoms with E-state index in [9.17, 15) is 8.42 Å². The number of sulfonamides is 1. The van der Waals surface area contributed by atoms with Gasteiger partial charge in [-0.25, -0.2) is 13.1 Å². The first kappa shape index (κ1) is 15.9. The number of hydrogen-bond acceptors (Lipinski definition) is 3. The lowest BCUT2D eigenvalue weighted by molar-refractivity contribution is 0.363. The molecule has 2 aromatic rings. The number of nitrogens with two attached hydrogens (primary N) is 1. The molecule has 0 saturated carbocycles. The first-order valence-corrected chi connectivity index (χ1v) is 8.68. The lowest BCUT2D eigenvalue weighted by Crippen LogP contribution is -2.52. The van der Waals surface area contributed by atoms with Crippen LogP contribution in [0.2, 0.25) is 0 Å². The summed E-state index contributed by atoms with van der Waals surface area (Å²) in [5.74, 6) is 0. The molecular weight excluding hydrogens is 284 g/mol. The van der Waals surface area contributed by atoms with Crippen LogP contribution in [0.4, 0.5) is 0 Å². The van der Waals surface area contributed by atoms with Gasteiger partial charge in [0.15, 0.2) is 0 Å². The quantitative estimate of drug-likeness (QED) is 0.861. The molecule has 0 saturated heterocycles. The van der Waals surface area contributed by atoms with Crippen molar-refractivity contribution in [3.63, 3.8) is 0 Å². The van der Waals surface area contributed by atoms with Gasteiger partial charge in [-0.1, -0.05) is 50.2 Å². The van der Waals surface area contributed by atoms with E-state index in [-0.39, 0.29) is 6.54 Å².